The number of carbonyl (C=O) groups excluding carboxylic acids is 1. The number of ether oxygens (including phenoxy) is 3. The number of hydrogen-bond donors (Lipinski definition) is 1. The highest BCUT2D eigenvalue weighted by Gasteiger charge is 2.22. The van der Waals surface area contributed by atoms with Crippen LogP contribution in [0.2, 0.25) is 0 Å². The molecule has 5 rings (SSSR count). The van der Waals surface area contributed by atoms with E-state index in [0.717, 1.165) is 30.8 Å². The van der Waals surface area contributed by atoms with Gasteiger partial charge in [0.25, 0.3) is 5.91 Å². The molecule has 1 aliphatic rings. The molecular formula is C27H27N5O4S. The molecule has 1 atom stereocenters. The van der Waals surface area contributed by atoms with Crippen molar-refractivity contribution in [2.45, 2.75) is 6.10 Å². The first kappa shape index (κ1) is 24.8. The molecule has 1 aliphatic heterocycles. The van der Waals surface area contributed by atoms with Crippen LogP contribution in [0.3, 0.4) is 0 Å². The van der Waals surface area contributed by atoms with Crippen LogP contribution >= 0.6 is 11.3 Å². The maximum absolute atomic E-state index is 12.9. The maximum atomic E-state index is 12.9. The van der Waals surface area contributed by atoms with Crippen molar-refractivity contribution in [2.24, 2.45) is 0 Å². The summed E-state index contributed by atoms with van der Waals surface area (Å²) in [5.41, 5.74) is 2.38. The summed E-state index contributed by atoms with van der Waals surface area (Å²) in [6, 6.07) is 19.0. The smallest absolute Gasteiger partial charge is 0.257 e. The van der Waals surface area contributed by atoms with Crippen LogP contribution in [0.15, 0.2) is 73.1 Å². The first-order valence-corrected chi connectivity index (χ1v) is 12.8. The van der Waals surface area contributed by atoms with Gasteiger partial charge >= 0.3 is 0 Å². The van der Waals surface area contributed by atoms with Crippen molar-refractivity contribution in [3.8, 4) is 22.1 Å². The fraction of sp³-hybridized carbons (Fsp3) is 0.259. The van der Waals surface area contributed by atoms with Crippen molar-refractivity contribution in [1.82, 2.24) is 20.1 Å². The lowest BCUT2D eigenvalue weighted by molar-refractivity contribution is 0.0185. The van der Waals surface area contributed by atoms with E-state index in [1.165, 1.54) is 11.3 Å². The third-order valence-corrected chi connectivity index (χ3v) is 6.85. The predicted octanol–water partition coefficient (Wildman–Crippen LogP) is 4.31. The van der Waals surface area contributed by atoms with Gasteiger partial charge in [-0.15, -0.1) is 10.2 Å². The van der Waals surface area contributed by atoms with Crippen LogP contribution in [0.1, 0.15) is 22.0 Å². The predicted molar refractivity (Wildman–Crippen MR) is 141 cm³/mol. The quantitative estimate of drug-likeness (QED) is 0.351. The number of benzene rings is 2. The summed E-state index contributed by atoms with van der Waals surface area (Å²) in [5.74, 6) is 0.734. The molecule has 0 saturated carbocycles. The molecule has 4 aromatic rings. The lowest BCUT2D eigenvalue weighted by Gasteiger charge is -2.31. The van der Waals surface area contributed by atoms with Crippen molar-refractivity contribution in [3.05, 3.63) is 84.2 Å². The van der Waals surface area contributed by atoms with E-state index in [9.17, 15) is 4.79 Å². The fourth-order valence-corrected chi connectivity index (χ4v) is 4.75. The Morgan fingerprint density at radius 3 is 2.59 bits per heavy atom. The SMILES string of the molecule is COc1cc(C(=O)Nc2nnc(-c3ccncc3)s2)ccc1O[C@H](CN1CCOCC1)c1ccccc1. The average molecular weight is 518 g/mol. The van der Waals surface area contributed by atoms with Gasteiger partial charge in [0.15, 0.2) is 11.5 Å². The molecule has 0 unspecified atom stereocenters. The molecule has 0 spiro atoms. The van der Waals surface area contributed by atoms with Gasteiger partial charge in [-0.2, -0.15) is 0 Å². The molecule has 1 saturated heterocycles. The zero-order valence-corrected chi connectivity index (χ0v) is 21.2. The van der Waals surface area contributed by atoms with Crippen molar-refractivity contribution in [2.75, 3.05) is 45.3 Å². The van der Waals surface area contributed by atoms with Crippen LogP contribution in [0, 0.1) is 0 Å². The number of nitrogens with zero attached hydrogens (tertiary/aromatic N) is 4. The zero-order chi connectivity index (χ0) is 25.5. The second kappa shape index (κ2) is 11.9. The number of rotatable bonds is 9. The normalized spacial score (nSPS) is 14.6. The number of aromatic nitrogens is 3. The van der Waals surface area contributed by atoms with Gasteiger partial charge in [0.2, 0.25) is 5.13 Å². The molecule has 2 aromatic heterocycles. The number of carbonyl (C=O) groups is 1. The van der Waals surface area contributed by atoms with Crippen LogP contribution in [0.4, 0.5) is 5.13 Å². The lowest BCUT2D eigenvalue weighted by Crippen LogP contribution is -2.39. The summed E-state index contributed by atoms with van der Waals surface area (Å²) in [6.45, 7) is 3.87. The van der Waals surface area contributed by atoms with Gasteiger partial charge in [0, 0.05) is 43.2 Å². The Morgan fingerprint density at radius 2 is 1.84 bits per heavy atom. The van der Waals surface area contributed by atoms with E-state index in [0.29, 0.717) is 40.4 Å². The first-order chi connectivity index (χ1) is 18.2. The number of amides is 1. The fourth-order valence-electron chi connectivity index (χ4n) is 4.01. The summed E-state index contributed by atoms with van der Waals surface area (Å²) in [7, 11) is 1.56. The third kappa shape index (κ3) is 6.29. The Labute approximate surface area is 219 Å². The van der Waals surface area contributed by atoms with E-state index >= 15 is 0 Å². The van der Waals surface area contributed by atoms with Crippen LogP contribution in [0.25, 0.3) is 10.6 Å². The molecule has 1 N–H and O–H groups in total. The van der Waals surface area contributed by atoms with Crippen molar-refractivity contribution >= 4 is 22.4 Å². The number of methoxy groups -OCH3 is 1. The maximum Gasteiger partial charge on any atom is 0.257 e. The molecular weight excluding hydrogens is 490 g/mol. The van der Waals surface area contributed by atoms with Crippen LogP contribution < -0.4 is 14.8 Å². The number of pyridine rings is 1. The largest absolute Gasteiger partial charge is 0.493 e. The molecule has 0 bridgehead atoms. The van der Waals surface area contributed by atoms with Gasteiger partial charge in [0.1, 0.15) is 11.1 Å². The van der Waals surface area contributed by atoms with Gasteiger partial charge in [-0.1, -0.05) is 41.7 Å². The standard InChI is InChI=1S/C27H27N5O4S/c1-34-23-17-21(25(33)29-27-31-30-26(37-27)20-9-11-28-12-10-20)7-8-22(23)36-24(19-5-3-2-4-6-19)18-32-13-15-35-16-14-32/h2-12,17,24H,13-16,18H2,1H3,(H,29,31,33)/t24-/m1/s1. The number of nitrogens with one attached hydrogen (secondary N) is 1. The molecule has 37 heavy (non-hydrogen) atoms. The Balaban J connectivity index is 1.31. The summed E-state index contributed by atoms with van der Waals surface area (Å²) in [6.07, 6.45) is 3.17. The minimum Gasteiger partial charge on any atom is -0.493 e. The molecule has 0 aliphatic carbocycles. The molecule has 2 aromatic carbocycles. The molecule has 190 valence electrons. The highest BCUT2D eigenvalue weighted by Crippen LogP contribution is 2.33. The first-order valence-electron chi connectivity index (χ1n) is 11.9. The highest BCUT2D eigenvalue weighted by atomic mass is 32.1. The number of morpholine rings is 1. The summed E-state index contributed by atoms with van der Waals surface area (Å²) in [5, 5.41) is 12.2. The van der Waals surface area contributed by atoms with Gasteiger partial charge < -0.3 is 14.2 Å². The van der Waals surface area contributed by atoms with Crippen molar-refractivity contribution in [1.29, 1.82) is 0 Å². The minimum absolute atomic E-state index is 0.208. The average Bonchev–Trinajstić information content (AvgIpc) is 3.43. The molecule has 9 nitrogen and oxygen atoms in total. The van der Waals surface area contributed by atoms with E-state index in [4.69, 9.17) is 14.2 Å². The molecule has 1 fully saturated rings. The second-order valence-corrected chi connectivity index (χ2v) is 9.38. The van der Waals surface area contributed by atoms with Gasteiger partial charge in [-0.05, 0) is 35.9 Å². The number of hydrogen-bond acceptors (Lipinski definition) is 9. The van der Waals surface area contributed by atoms with E-state index < -0.39 is 0 Å². The van der Waals surface area contributed by atoms with Crippen molar-refractivity contribution < 1.29 is 19.0 Å². The molecule has 1 amide bonds. The van der Waals surface area contributed by atoms with Crippen LogP contribution in [-0.2, 0) is 4.74 Å². The summed E-state index contributed by atoms with van der Waals surface area (Å²) < 4.78 is 17.6. The summed E-state index contributed by atoms with van der Waals surface area (Å²) >= 11 is 1.29. The molecule has 3 heterocycles. The second-order valence-electron chi connectivity index (χ2n) is 8.40. The molecule has 10 heteroatoms. The van der Waals surface area contributed by atoms with Gasteiger partial charge in [-0.3, -0.25) is 20.0 Å². The van der Waals surface area contributed by atoms with Crippen LogP contribution in [-0.4, -0.2) is 65.9 Å². The van der Waals surface area contributed by atoms with E-state index in [2.05, 4.69) is 37.5 Å². The van der Waals surface area contributed by atoms with E-state index in [-0.39, 0.29) is 12.0 Å². The zero-order valence-electron chi connectivity index (χ0n) is 20.4. The van der Waals surface area contributed by atoms with Gasteiger partial charge in [-0.25, -0.2) is 0 Å². The summed E-state index contributed by atoms with van der Waals surface area (Å²) in [4.78, 5) is 19.3. The minimum atomic E-state index is -0.310. The topological polar surface area (TPSA) is 98.7 Å². The van der Waals surface area contributed by atoms with E-state index in [1.807, 2.05) is 30.3 Å². The van der Waals surface area contributed by atoms with Crippen LogP contribution in [0.5, 0.6) is 11.5 Å². The highest BCUT2D eigenvalue weighted by molar-refractivity contribution is 7.18. The Bertz CT molecular complexity index is 1310. The Hall–Kier alpha value is -3.86. The van der Waals surface area contributed by atoms with Gasteiger partial charge in [0.05, 0.1) is 20.3 Å². The number of anilines is 1. The monoisotopic (exact) mass is 517 g/mol. The van der Waals surface area contributed by atoms with Crippen molar-refractivity contribution in [3.63, 3.8) is 0 Å². The third-order valence-electron chi connectivity index (χ3n) is 5.97. The lowest BCUT2D eigenvalue weighted by atomic mass is 10.1. The van der Waals surface area contributed by atoms with E-state index in [1.54, 1.807) is 37.7 Å². The Morgan fingerprint density at radius 1 is 1.05 bits per heavy atom. The Kier molecular flexibility index (Phi) is 7.99. The molecule has 0 radical (unpaired) electrons.